The van der Waals surface area contributed by atoms with Crippen LogP contribution in [0.25, 0.3) is 0 Å². The summed E-state index contributed by atoms with van der Waals surface area (Å²) in [5.41, 5.74) is 6.09. The van der Waals surface area contributed by atoms with Crippen molar-refractivity contribution in [3.8, 4) is 0 Å². The van der Waals surface area contributed by atoms with Gasteiger partial charge in [0, 0.05) is 20.2 Å². The molecule has 0 radical (unpaired) electrons. The number of carbonyl (C=O) groups excluding carboxylic acids is 1. The van der Waals surface area contributed by atoms with Crippen LogP contribution < -0.4 is 5.73 Å². The lowest BCUT2D eigenvalue weighted by Gasteiger charge is -2.48. The highest BCUT2D eigenvalue weighted by atomic mass is 16.5. The van der Waals surface area contributed by atoms with Gasteiger partial charge in [-0.1, -0.05) is 0 Å². The van der Waals surface area contributed by atoms with E-state index >= 15 is 0 Å². The fraction of sp³-hybridized carbons (Fsp3) is 0.900. The largest absolute Gasteiger partial charge is 0.384 e. The maximum atomic E-state index is 11.5. The van der Waals surface area contributed by atoms with Crippen LogP contribution in [0.1, 0.15) is 19.3 Å². The lowest BCUT2D eigenvalue weighted by atomic mass is 9.85. The highest BCUT2D eigenvalue weighted by molar-refractivity contribution is 5.77. The minimum Gasteiger partial charge on any atom is -0.384 e. The average molecular weight is 198 g/mol. The van der Waals surface area contributed by atoms with E-state index in [1.807, 2.05) is 4.90 Å². The van der Waals surface area contributed by atoms with Gasteiger partial charge in [0.15, 0.2) is 0 Å². The van der Waals surface area contributed by atoms with E-state index in [0.717, 1.165) is 13.1 Å². The Labute approximate surface area is 84.4 Å². The maximum absolute atomic E-state index is 11.5. The molecule has 1 saturated carbocycles. The smallest absolute Gasteiger partial charge is 0.225 e. The molecule has 2 rings (SSSR count). The molecule has 1 amide bonds. The molecule has 0 aromatic rings. The van der Waals surface area contributed by atoms with E-state index in [0.29, 0.717) is 18.9 Å². The van der Waals surface area contributed by atoms with E-state index in [4.69, 9.17) is 10.5 Å². The molecule has 4 heteroatoms. The van der Waals surface area contributed by atoms with Crippen molar-refractivity contribution in [2.45, 2.75) is 24.8 Å². The fourth-order valence-corrected chi connectivity index (χ4v) is 2.10. The number of likely N-dealkylation sites (tertiary alicyclic amines) is 1. The van der Waals surface area contributed by atoms with Crippen LogP contribution in [0, 0.1) is 5.92 Å². The summed E-state index contributed by atoms with van der Waals surface area (Å²) < 4.78 is 4.86. The van der Waals surface area contributed by atoms with E-state index in [1.54, 1.807) is 7.11 Å². The first kappa shape index (κ1) is 9.93. The van der Waals surface area contributed by atoms with Crippen molar-refractivity contribution in [2.75, 3.05) is 26.8 Å². The SMILES string of the molecule is COCCC(=O)N1CC(N)(C2CC2)C1. The Morgan fingerprint density at radius 2 is 2.21 bits per heavy atom. The highest BCUT2D eigenvalue weighted by Gasteiger charge is 2.51. The van der Waals surface area contributed by atoms with E-state index in [9.17, 15) is 4.79 Å². The molecular weight excluding hydrogens is 180 g/mol. The number of nitrogens with zero attached hydrogens (tertiary/aromatic N) is 1. The molecule has 1 heterocycles. The monoisotopic (exact) mass is 198 g/mol. The predicted octanol–water partition coefficient (Wildman–Crippen LogP) is -0.0274. The van der Waals surface area contributed by atoms with Crippen molar-refractivity contribution < 1.29 is 9.53 Å². The van der Waals surface area contributed by atoms with Crippen LogP contribution in [0.3, 0.4) is 0 Å². The number of ether oxygens (including phenoxy) is 1. The van der Waals surface area contributed by atoms with Crippen molar-refractivity contribution in [1.29, 1.82) is 0 Å². The first-order valence-electron chi connectivity index (χ1n) is 5.21. The number of methoxy groups -OCH3 is 1. The normalized spacial score (nSPS) is 24.6. The van der Waals surface area contributed by atoms with Crippen molar-refractivity contribution in [3.63, 3.8) is 0 Å². The number of nitrogens with two attached hydrogens (primary N) is 1. The summed E-state index contributed by atoms with van der Waals surface area (Å²) in [5, 5.41) is 0. The molecular formula is C10H18N2O2. The molecule has 4 nitrogen and oxygen atoms in total. The zero-order valence-corrected chi connectivity index (χ0v) is 8.66. The summed E-state index contributed by atoms with van der Waals surface area (Å²) in [6.45, 7) is 2.01. The Balaban J connectivity index is 1.73. The molecule has 1 saturated heterocycles. The maximum Gasteiger partial charge on any atom is 0.225 e. The Hall–Kier alpha value is -0.610. The Morgan fingerprint density at radius 1 is 1.57 bits per heavy atom. The quantitative estimate of drug-likeness (QED) is 0.690. The average Bonchev–Trinajstić information content (AvgIpc) is 2.92. The van der Waals surface area contributed by atoms with Crippen LogP contribution in [0.4, 0.5) is 0 Å². The van der Waals surface area contributed by atoms with Crippen molar-refractivity contribution in [1.82, 2.24) is 4.90 Å². The van der Waals surface area contributed by atoms with Crippen molar-refractivity contribution in [3.05, 3.63) is 0 Å². The van der Waals surface area contributed by atoms with Gasteiger partial charge >= 0.3 is 0 Å². The number of carbonyl (C=O) groups is 1. The van der Waals surface area contributed by atoms with Gasteiger partial charge in [-0.15, -0.1) is 0 Å². The molecule has 0 atom stereocenters. The molecule has 0 spiro atoms. The van der Waals surface area contributed by atoms with Gasteiger partial charge in [0.1, 0.15) is 0 Å². The van der Waals surface area contributed by atoms with Gasteiger partial charge < -0.3 is 15.4 Å². The molecule has 80 valence electrons. The van der Waals surface area contributed by atoms with Crippen LogP contribution in [-0.4, -0.2) is 43.2 Å². The molecule has 14 heavy (non-hydrogen) atoms. The van der Waals surface area contributed by atoms with Crippen LogP contribution in [0.2, 0.25) is 0 Å². The topological polar surface area (TPSA) is 55.6 Å². The Morgan fingerprint density at radius 3 is 2.71 bits per heavy atom. The first-order valence-corrected chi connectivity index (χ1v) is 5.21. The van der Waals surface area contributed by atoms with Crippen LogP contribution >= 0.6 is 0 Å². The van der Waals surface area contributed by atoms with Gasteiger partial charge in [-0.3, -0.25) is 4.79 Å². The van der Waals surface area contributed by atoms with Gasteiger partial charge in [-0.2, -0.15) is 0 Å². The third kappa shape index (κ3) is 1.77. The highest BCUT2D eigenvalue weighted by Crippen LogP contribution is 2.42. The summed E-state index contributed by atoms with van der Waals surface area (Å²) >= 11 is 0. The zero-order chi connectivity index (χ0) is 10.2. The van der Waals surface area contributed by atoms with Gasteiger partial charge in [-0.05, 0) is 18.8 Å². The molecule has 2 aliphatic rings. The van der Waals surface area contributed by atoms with Crippen LogP contribution in [0.15, 0.2) is 0 Å². The standard InChI is InChI=1S/C10H18N2O2/c1-14-5-4-9(13)12-6-10(11,7-12)8-2-3-8/h8H,2-7,11H2,1H3. The molecule has 0 aromatic carbocycles. The van der Waals surface area contributed by atoms with E-state index in [2.05, 4.69) is 0 Å². The molecule has 0 unspecified atom stereocenters. The molecule has 2 fully saturated rings. The third-order valence-electron chi connectivity index (χ3n) is 3.23. The summed E-state index contributed by atoms with van der Waals surface area (Å²) in [7, 11) is 1.61. The lowest BCUT2D eigenvalue weighted by Crippen LogP contribution is -2.69. The van der Waals surface area contributed by atoms with Gasteiger partial charge in [0.05, 0.1) is 18.6 Å². The molecule has 0 aromatic heterocycles. The predicted molar refractivity (Wildman–Crippen MR) is 52.7 cm³/mol. The molecule has 1 aliphatic carbocycles. The minimum absolute atomic E-state index is 0.0528. The molecule has 2 N–H and O–H groups in total. The second-order valence-corrected chi connectivity index (χ2v) is 4.50. The minimum atomic E-state index is -0.0528. The number of rotatable bonds is 4. The molecule has 1 aliphatic heterocycles. The van der Waals surface area contributed by atoms with Crippen LogP contribution in [-0.2, 0) is 9.53 Å². The lowest BCUT2D eigenvalue weighted by molar-refractivity contribution is -0.140. The van der Waals surface area contributed by atoms with Gasteiger partial charge in [-0.25, -0.2) is 0 Å². The van der Waals surface area contributed by atoms with Crippen LogP contribution in [0.5, 0.6) is 0 Å². The van der Waals surface area contributed by atoms with Crippen molar-refractivity contribution in [2.24, 2.45) is 11.7 Å². The third-order valence-corrected chi connectivity index (χ3v) is 3.23. The summed E-state index contributed by atoms with van der Waals surface area (Å²) in [5.74, 6) is 0.850. The first-order chi connectivity index (χ1) is 6.65. The molecule has 0 bridgehead atoms. The van der Waals surface area contributed by atoms with Gasteiger partial charge in [0.2, 0.25) is 5.91 Å². The van der Waals surface area contributed by atoms with E-state index in [-0.39, 0.29) is 11.4 Å². The van der Waals surface area contributed by atoms with E-state index < -0.39 is 0 Å². The second-order valence-electron chi connectivity index (χ2n) is 4.50. The fourth-order valence-electron chi connectivity index (χ4n) is 2.10. The number of hydrogen-bond donors (Lipinski definition) is 1. The van der Waals surface area contributed by atoms with Crippen molar-refractivity contribution >= 4 is 5.91 Å². The number of amides is 1. The summed E-state index contributed by atoms with van der Waals surface area (Å²) in [4.78, 5) is 13.3. The second kappa shape index (κ2) is 3.51. The number of hydrogen-bond acceptors (Lipinski definition) is 3. The van der Waals surface area contributed by atoms with Gasteiger partial charge in [0.25, 0.3) is 0 Å². The Kier molecular flexibility index (Phi) is 2.49. The summed E-state index contributed by atoms with van der Waals surface area (Å²) in [6, 6.07) is 0. The van der Waals surface area contributed by atoms with E-state index in [1.165, 1.54) is 12.8 Å². The Bertz CT molecular complexity index is 232. The zero-order valence-electron chi connectivity index (χ0n) is 8.66. The summed E-state index contributed by atoms with van der Waals surface area (Å²) in [6.07, 6.45) is 2.98.